The average Bonchev–Trinajstić information content (AvgIpc) is 0.722. The molecule has 0 unspecified atom stereocenters. The predicted octanol–water partition coefficient (Wildman–Crippen LogP) is -8.14. The van der Waals surface area contributed by atoms with Gasteiger partial charge in [0.1, 0.15) is 0 Å². The van der Waals surface area contributed by atoms with E-state index in [2.05, 4.69) is 0 Å². The monoisotopic (exact) mass is 182 g/mol. The third kappa shape index (κ3) is 62.9. The van der Waals surface area contributed by atoms with Crippen LogP contribution in [0.2, 0.25) is 0 Å². The molecule has 0 saturated heterocycles. The molecule has 7 heteroatoms. The Balaban J connectivity index is -0.0000000800. The van der Waals surface area contributed by atoms with E-state index in [1.165, 1.54) is 0 Å². The van der Waals surface area contributed by atoms with Gasteiger partial charge < -0.3 is 28.2 Å². The third-order valence-corrected chi connectivity index (χ3v) is 0. The molecular formula is KO4SiV-3. The van der Waals surface area contributed by atoms with E-state index >= 15 is 0 Å². The van der Waals surface area contributed by atoms with Crippen molar-refractivity contribution in [1.82, 2.24) is 0 Å². The minimum absolute atomic E-state index is 0. The molecule has 0 N–H and O–H groups in total. The normalized spacial score (nSPS) is 8.57. The second-order valence-electron chi connectivity index (χ2n) is 0.500. The maximum Gasteiger partial charge on any atom is 1.00 e. The third-order valence-electron chi connectivity index (χ3n) is 0. The molecule has 0 aliphatic rings. The van der Waals surface area contributed by atoms with Crippen molar-refractivity contribution in [2.45, 2.75) is 0 Å². The molecule has 0 bridgehead atoms. The van der Waals surface area contributed by atoms with Crippen LogP contribution < -0.4 is 70.6 Å². The first-order valence-electron chi connectivity index (χ1n) is 0.816. The van der Waals surface area contributed by atoms with E-state index in [0.717, 1.165) is 0 Å². The Hall–Kier alpha value is 2.28. The van der Waals surface area contributed by atoms with Gasteiger partial charge in [-0.25, -0.2) is 0 Å². The van der Waals surface area contributed by atoms with Crippen LogP contribution in [0.4, 0.5) is 0 Å². The van der Waals surface area contributed by atoms with Gasteiger partial charge in [0.2, 0.25) is 0 Å². The molecule has 0 fully saturated rings. The first-order valence-corrected chi connectivity index (χ1v) is 2.45. The van der Waals surface area contributed by atoms with Crippen LogP contribution in [0.1, 0.15) is 0 Å². The van der Waals surface area contributed by atoms with E-state index in [1.54, 1.807) is 0 Å². The molecule has 37 valence electrons. The van der Waals surface area contributed by atoms with Crippen LogP contribution in [0.5, 0.6) is 0 Å². The summed E-state index contributed by atoms with van der Waals surface area (Å²) in [5.41, 5.74) is 0. The Bertz CT molecular complexity index is 27.2. The van der Waals surface area contributed by atoms with Gasteiger partial charge in [0, 0.05) is 18.6 Å². The molecule has 0 heterocycles. The summed E-state index contributed by atoms with van der Waals surface area (Å²) in [6.07, 6.45) is 0. The molecule has 0 spiro atoms. The van der Waals surface area contributed by atoms with Gasteiger partial charge in [-0.15, -0.1) is 0 Å². The Kier molecular flexibility index (Phi) is 14.7. The minimum Gasteiger partial charge on any atom is -0.894 e. The summed E-state index contributed by atoms with van der Waals surface area (Å²) in [4.78, 5) is 34.3. The zero-order valence-electron chi connectivity index (χ0n) is 3.58. The fourth-order valence-corrected chi connectivity index (χ4v) is 0. The van der Waals surface area contributed by atoms with Crippen LogP contribution in [-0.4, -0.2) is 9.05 Å². The Morgan fingerprint density at radius 3 is 0.857 bits per heavy atom. The Morgan fingerprint density at radius 2 is 0.857 bits per heavy atom. The Labute approximate surface area is 96.4 Å². The van der Waals surface area contributed by atoms with Crippen molar-refractivity contribution in [1.29, 1.82) is 0 Å². The quantitative estimate of drug-likeness (QED) is 0.348. The maximum absolute atomic E-state index is 8.58. The zero-order valence-corrected chi connectivity index (χ0v) is 9.10. The molecule has 0 aromatic heterocycles. The maximum atomic E-state index is 8.58. The fraction of sp³-hybridized carbons (Fsp3) is 0. The van der Waals surface area contributed by atoms with Crippen molar-refractivity contribution in [2.75, 3.05) is 0 Å². The molecule has 0 atom stereocenters. The topological polar surface area (TPSA) is 92.2 Å². The number of hydrogen-bond donors (Lipinski definition) is 0. The molecule has 1 radical (unpaired) electrons. The van der Waals surface area contributed by atoms with Gasteiger partial charge in [0.25, 0.3) is 0 Å². The number of rotatable bonds is 0. The van der Waals surface area contributed by atoms with Gasteiger partial charge >= 0.3 is 51.4 Å². The molecule has 0 saturated carbocycles. The molecule has 4 nitrogen and oxygen atoms in total. The second kappa shape index (κ2) is 6.40. The fourth-order valence-electron chi connectivity index (χ4n) is 0. The van der Waals surface area contributed by atoms with E-state index < -0.39 is 9.05 Å². The van der Waals surface area contributed by atoms with Crippen LogP contribution >= 0.6 is 0 Å². The van der Waals surface area contributed by atoms with Gasteiger partial charge in [0.05, 0.1) is 0 Å². The largest absolute Gasteiger partial charge is 1.00 e. The van der Waals surface area contributed by atoms with E-state index in [0.29, 0.717) is 0 Å². The van der Waals surface area contributed by atoms with Gasteiger partial charge in [-0.3, -0.25) is 0 Å². The molecule has 0 aromatic carbocycles. The van der Waals surface area contributed by atoms with Gasteiger partial charge in [0.15, 0.2) is 0 Å². The number of hydrogen-bond acceptors (Lipinski definition) is 4. The summed E-state index contributed by atoms with van der Waals surface area (Å²) in [7, 11) is -5.61. The second-order valence-corrected chi connectivity index (χ2v) is 1.50. The average molecular weight is 182 g/mol. The van der Waals surface area contributed by atoms with Gasteiger partial charge in [-0.1, -0.05) is 0 Å². The first-order chi connectivity index (χ1) is 2.00. The SMILES string of the molecule is [K+].[O-][Si]([O-])([O-])[O-].[V]. The van der Waals surface area contributed by atoms with Crippen LogP contribution in [0.15, 0.2) is 0 Å². The summed E-state index contributed by atoms with van der Waals surface area (Å²) >= 11 is 0. The summed E-state index contributed by atoms with van der Waals surface area (Å²) in [5, 5.41) is 0. The van der Waals surface area contributed by atoms with E-state index in [-0.39, 0.29) is 69.9 Å². The van der Waals surface area contributed by atoms with Crippen LogP contribution in [0.25, 0.3) is 0 Å². The van der Waals surface area contributed by atoms with Crippen molar-refractivity contribution in [3.63, 3.8) is 0 Å². The zero-order chi connectivity index (χ0) is 4.50. The smallest absolute Gasteiger partial charge is 0.894 e. The van der Waals surface area contributed by atoms with Crippen LogP contribution in [0.3, 0.4) is 0 Å². The Morgan fingerprint density at radius 1 is 0.857 bits per heavy atom. The van der Waals surface area contributed by atoms with Gasteiger partial charge in [-0.05, 0) is 0 Å². The molecule has 0 rings (SSSR count). The molecule has 0 aliphatic heterocycles. The minimum atomic E-state index is -5.61. The van der Waals surface area contributed by atoms with Crippen molar-refractivity contribution < 1.29 is 89.1 Å². The van der Waals surface area contributed by atoms with Crippen molar-refractivity contribution >= 4 is 9.05 Å². The summed E-state index contributed by atoms with van der Waals surface area (Å²) < 4.78 is 0. The van der Waals surface area contributed by atoms with Crippen molar-refractivity contribution in [2.24, 2.45) is 0 Å². The predicted molar refractivity (Wildman–Crippen MR) is 5.75 cm³/mol. The molecule has 7 heavy (non-hydrogen) atoms. The van der Waals surface area contributed by atoms with Crippen LogP contribution in [-0.2, 0) is 18.6 Å². The molecular weight excluding hydrogens is 182 g/mol. The summed E-state index contributed by atoms with van der Waals surface area (Å²) in [5.74, 6) is 0. The molecule has 0 aliphatic carbocycles. The van der Waals surface area contributed by atoms with Crippen molar-refractivity contribution in [3.05, 3.63) is 0 Å². The summed E-state index contributed by atoms with van der Waals surface area (Å²) in [6, 6.07) is 0. The van der Waals surface area contributed by atoms with E-state index in [1.807, 2.05) is 0 Å². The standard InChI is InChI=1S/K.O4Si.V/c;1-5(2,3)4;/q+1;-4;. The van der Waals surface area contributed by atoms with Gasteiger partial charge in [-0.2, -0.15) is 0 Å². The van der Waals surface area contributed by atoms with Crippen LogP contribution in [0, 0.1) is 0 Å². The molecule has 0 amide bonds. The van der Waals surface area contributed by atoms with E-state index in [4.69, 9.17) is 19.2 Å². The summed E-state index contributed by atoms with van der Waals surface area (Å²) in [6.45, 7) is 0. The van der Waals surface area contributed by atoms with E-state index in [9.17, 15) is 0 Å². The molecule has 0 aromatic rings. The first kappa shape index (κ1) is 16.1. The van der Waals surface area contributed by atoms with Crippen molar-refractivity contribution in [3.8, 4) is 0 Å².